The second-order valence-electron chi connectivity index (χ2n) is 8.21. The van der Waals surface area contributed by atoms with Gasteiger partial charge < -0.3 is 29.7 Å². The Kier molecular flexibility index (Phi) is 6.86. The zero-order chi connectivity index (χ0) is 22.7. The van der Waals surface area contributed by atoms with E-state index in [9.17, 15) is 4.79 Å². The first kappa shape index (κ1) is 22.4. The monoisotopic (exact) mass is 459 g/mol. The molecule has 0 spiro atoms. The first-order chi connectivity index (χ1) is 15.4. The van der Waals surface area contributed by atoms with Gasteiger partial charge in [0.2, 0.25) is 5.95 Å². The van der Waals surface area contributed by atoms with E-state index in [-0.39, 0.29) is 6.03 Å². The summed E-state index contributed by atoms with van der Waals surface area (Å²) in [5, 5.41) is 3.45. The van der Waals surface area contributed by atoms with Gasteiger partial charge in [-0.05, 0) is 32.2 Å². The van der Waals surface area contributed by atoms with Gasteiger partial charge in [-0.25, -0.2) is 9.78 Å². The number of ether oxygens (including phenoxy) is 1. The second kappa shape index (κ2) is 9.79. The maximum atomic E-state index is 12.8. The maximum Gasteiger partial charge on any atom is 0.322 e. The van der Waals surface area contributed by atoms with E-state index < -0.39 is 0 Å². The van der Waals surface area contributed by atoms with Crippen LogP contribution in [0.15, 0.2) is 24.3 Å². The van der Waals surface area contributed by atoms with Crippen molar-refractivity contribution in [2.24, 2.45) is 0 Å². The van der Waals surface area contributed by atoms with Crippen LogP contribution in [0.2, 0.25) is 5.02 Å². The highest BCUT2D eigenvalue weighted by molar-refractivity contribution is 6.31. The highest BCUT2D eigenvalue weighted by Gasteiger charge is 2.25. The lowest BCUT2D eigenvalue weighted by molar-refractivity contribution is 0.208. The summed E-state index contributed by atoms with van der Waals surface area (Å²) in [6.07, 6.45) is 0. The molecule has 4 rings (SSSR count). The van der Waals surface area contributed by atoms with Gasteiger partial charge >= 0.3 is 6.03 Å². The molecule has 1 N–H and O–H groups in total. The van der Waals surface area contributed by atoms with Crippen LogP contribution in [0.5, 0.6) is 5.75 Å². The molecule has 172 valence electrons. The first-order valence-electron chi connectivity index (χ1n) is 10.9. The third kappa shape index (κ3) is 5.16. The molecule has 2 aliphatic rings. The molecule has 3 heterocycles. The minimum atomic E-state index is -0.173. The second-order valence-corrected chi connectivity index (χ2v) is 8.64. The number of likely N-dealkylation sites (N-methyl/N-ethyl adjacent to an activating group) is 1. The van der Waals surface area contributed by atoms with Crippen LogP contribution >= 0.6 is 11.6 Å². The van der Waals surface area contributed by atoms with E-state index in [0.29, 0.717) is 42.6 Å². The van der Waals surface area contributed by atoms with Crippen molar-refractivity contribution in [3.05, 3.63) is 35.0 Å². The summed E-state index contributed by atoms with van der Waals surface area (Å²) in [6.45, 7) is 8.50. The number of hydrogen-bond donors (Lipinski definition) is 1. The van der Waals surface area contributed by atoms with Crippen molar-refractivity contribution in [2.45, 2.75) is 6.92 Å². The Morgan fingerprint density at radius 1 is 1.00 bits per heavy atom. The molecule has 2 aromatic rings. The Morgan fingerprint density at radius 2 is 1.69 bits per heavy atom. The van der Waals surface area contributed by atoms with Crippen LogP contribution in [-0.2, 0) is 0 Å². The van der Waals surface area contributed by atoms with E-state index >= 15 is 0 Å². The van der Waals surface area contributed by atoms with Gasteiger partial charge in [-0.2, -0.15) is 4.98 Å². The fourth-order valence-corrected chi connectivity index (χ4v) is 4.13. The zero-order valence-corrected chi connectivity index (χ0v) is 19.6. The predicted octanol–water partition coefficient (Wildman–Crippen LogP) is 2.55. The van der Waals surface area contributed by atoms with Crippen molar-refractivity contribution in [2.75, 3.05) is 81.6 Å². The lowest BCUT2D eigenvalue weighted by atomic mass is 10.3. The SMILES string of the molecule is COc1ccc(Cl)cc1NC(=O)N1CCN(c2nc(C)cc(N3CCN(C)CC3)n2)CC1. The highest BCUT2D eigenvalue weighted by atomic mass is 35.5. The number of carbonyl (C=O) groups is 1. The molecule has 0 bridgehead atoms. The van der Waals surface area contributed by atoms with Crippen LogP contribution in [0.1, 0.15) is 5.69 Å². The standard InChI is InChI=1S/C22H30ClN7O2/c1-16-14-20(28-8-6-27(2)7-9-28)26-21(24-16)29-10-12-30(13-11-29)22(31)25-18-15-17(23)4-5-19(18)32-3/h4-5,14-15H,6-13H2,1-3H3,(H,25,31). The minimum absolute atomic E-state index is 0.173. The van der Waals surface area contributed by atoms with Crippen LogP contribution in [0, 0.1) is 6.92 Å². The molecule has 9 nitrogen and oxygen atoms in total. The summed E-state index contributed by atoms with van der Waals surface area (Å²) < 4.78 is 5.32. The number of nitrogens with one attached hydrogen (secondary N) is 1. The van der Waals surface area contributed by atoms with Gasteiger partial charge in [-0.15, -0.1) is 0 Å². The number of benzene rings is 1. The molecule has 10 heteroatoms. The van der Waals surface area contributed by atoms with Gasteiger partial charge in [0, 0.05) is 69.1 Å². The molecule has 2 amide bonds. The highest BCUT2D eigenvalue weighted by Crippen LogP contribution is 2.28. The summed E-state index contributed by atoms with van der Waals surface area (Å²) in [5.74, 6) is 2.29. The van der Waals surface area contributed by atoms with Crippen molar-refractivity contribution >= 4 is 35.1 Å². The molecule has 0 aliphatic carbocycles. The molecule has 0 saturated carbocycles. The van der Waals surface area contributed by atoms with Crippen LogP contribution in [-0.4, -0.2) is 92.3 Å². The lowest BCUT2D eigenvalue weighted by Gasteiger charge is -2.36. The van der Waals surface area contributed by atoms with Crippen LogP contribution in [0.25, 0.3) is 0 Å². The van der Waals surface area contributed by atoms with Crippen molar-refractivity contribution in [1.29, 1.82) is 0 Å². The summed E-state index contributed by atoms with van der Waals surface area (Å²) in [7, 11) is 3.71. The lowest BCUT2D eigenvalue weighted by Crippen LogP contribution is -2.50. The quantitative estimate of drug-likeness (QED) is 0.752. The third-order valence-electron chi connectivity index (χ3n) is 5.91. The number of anilines is 3. The number of rotatable bonds is 4. The van der Waals surface area contributed by atoms with Crippen molar-refractivity contribution < 1.29 is 9.53 Å². The van der Waals surface area contributed by atoms with E-state index in [4.69, 9.17) is 21.3 Å². The zero-order valence-electron chi connectivity index (χ0n) is 18.8. The topological polar surface area (TPSA) is 77.1 Å². The summed E-state index contributed by atoms with van der Waals surface area (Å²) >= 11 is 6.07. The number of piperazine rings is 2. The number of methoxy groups -OCH3 is 1. The number of hydrogen-bond acceptors (Lipinski definition) is 7. The molecule has 1 aromatic heterocycles. The fraction of sp³-hybridized carbons (Fsp3) is 0.500. The number of urea groups is 1. The Bertz CT molecular complexity index is 957. The van der Waals surface area contributed by atoms with Crippen molar-refractivity contribution in [3.8, 4) is 5.75 Å². The number of halogens is 1. The van der Waals surface area contributed by atoms with E-state index in [1.807, 2.05) is 6.92 Å². The number of nitrogens with zero attached hydrogens (tertiary/aromatic N) is 6. The van der Waals surface area contributed by atoms with Crippen LogP contribution in [0.3, 0.4) is 0 Å². The smallest absolute Gasteiger partial charge is 0.322 e. The number of aryl methyl sites for hydroxylation is 1. The molecular formula is C22H30ClN7O2. The van der Waals surface area contributed by atoms with Gasteiger partial charge in [0.05, 0.1) is 12.8 Å². The summed E-state index contributed by atoms with van der Waals surface area (Å²) in [6, 6.07) is 7.04. The van der Waals surface area contributed by atoms with E-state index in [2.05, 4.69) is 38.1 Å². The van der Waals surface area contributed by atoms with Crippen LogP contribution < -0.4 is 19.9 Å². The Balaban J connectivity index is 1.38. The van der Waals surface area contributed by atoms with Gasteiger partial charge in [0.1, 0.15) is 11.6 Å². The van der Waals surface area contributed by atoms with Gasteiger partial charge in [0.15, 0.2) is 0 Å². The minimum Gasteiger partial charge on any atom is -0.495 e. The van der Waals surface area contributed by atoms with E-state index in [0.717, 1.165) is 43.6 Å². The Hall–Kier alpha value is -2.78. The van der Waals surface area contributed by atoms with Gasteiger partial charge in [-0.3, -0.25) is 0 Å². The third-order valence-corrected chi connectivity index (χ3v) is 6.14. The number of carbonyl (C=O) groups excluding carboxylic acids is 1. The molecule has 32 heavy (non-hydrogen) atoms. The van der Waals surface area contributed by atoms with Crippen LogP contribution in [0.4, 0.5) is 22.2 Å². The molecule has 2 fully saturated rings. The number of aromatic nitrogens is 2. The van der Waals surface area contributed by atoms with Crippen molar-refractivity contribution in [1.82, 2.24) is 19.8 Å². The maximum absolute atomic E-state index is 12.8. The van der Waals surface area contributed by atoms with Gasteiger partial charge in [-0.1, -0.05) is 11.6 Å². The largest absolute Gasteiger partial charge is 0.495 e. The average Bonchev–Trinajstić information content (AvgIpc) is 2.79. The molecule has 0 atom stereocenters. The predicted molar refractivity (Wildman–Crippen MR) is 127 cm³/mol. The Morgan fingerprint density at radius 3 is 2.38 bits per heavy atom. The molecule has 2 saturated heterocycles. The van der Waals surface area contributed by atoms with E-state index in [1.54, 1.807) is 30.2 Å². The van der Waals surface area contributed by atoms with Gasteiger partial charge in [0.25, 0.3) is 0 Å². The Labute approximate surface area is 193 Å². The summed E-state index contributed by atoms with van der Waals surface area (Å²) in [5.41, 5.74) is 1.52. The summed E-state index contributed by atoms with van der Waals surface area (Å²) in [4.78, 5) is 30.9. The molecule has 0 unspecified atom stereocenters. The first-order valence-corrected chi connectivity index (χ1v) is 11.2. The molecule has 1 aromatic carbocycles. The number of amides is 2. The van der Waals surface area contributed by atoms with Crippen molar-refractivity contribution in [3.63, 3.8) is 0 Å². The fourth-order valence-electron chi connectivity index (χ4n) is 3.96. The molecular weight excluding hydrogens is 430 g/mol. The average molecular weight is 460 g/mol. The molecule has 0 radical (unpaired) electrons. The van der Waals surface area contributed by atoms with E-state index in [1.165, 1.54) is 0 Å². The molecule has 2 aliphatic heterocycles. The normalized spacial score (nSPS) is 17.4.